The number of ether oxygens (including phenoxy) is 1. The lowest BCUT2D eigenvalue weighted by atomic mass is 9.47. The van der Waals surface area contributed by atoms with E-state index in [2.05, 4.69) is 47.6 Å². The number of rotatable bonds is 8. The monoisotopic (exact) mass is 486 g/mol. The molecule has 10 atom stereocenters. The van der Waals surface area contributed by atoms with Gasteiger partial charge >= 0.3 is 5.97 Å². The summed E-state index contributed by atoms with van der Waals surface area (Å²) < 4.78 is 5.64. The highest BCUT2D eigenvalue weighted by atomic mass is 16.6. The Hall–Kier alpha value is -0.830. The van der Waals surface area contributed by atoms with Gasteiger partial charge in [0.25, 0.3) is 0 Å². The molecule has 0 aliphatic heterocycles. The molecule has 0 aromatic heterocycles. The summed E-state index contributed by atoms with van der Waals surface area (Å²) in [6.45, 7) is 16.5. The van der Waals surface area contributed by atoms with Crippen LogP contribution < -0.4 is 0 Å². The van der Waals surface area contributed by atoms with Crippen molar-refractivity contribution in [1.29, 1.82) is 0 Å². The standard InChI is InChI=1S/C32H54O3/c1-8-23(20(2)3)10-9-21(4)27-13-14-28-26-12-11-24-19-25(35-30(34)22(5)33)15-17-31(24,6)29(26)16-18-32(27,28)7/h11,20-23,25-29,33H,8-10,12-19H2,1-7H3/t21?,22?,23-,25?,26?,27?,28?,29?,31?,32?/m1/s1. The number of hydrogen-bond acceptors (Lipinski definition) is 3. The minimum absolute atomic E-state index is 0.0590. The second-order valence-electron chi connectivity index (χ2n) is 13.9. The van der Waals surface area contributed by atoms with Gasteiger partial charge < -0.3 is 9.84 Å². The van der Waals surface area contributed by atoms with Crippen molar-refractivity contribution in [1.82, 2.24) is 0 Å². The van der Waals surface area contributed by atoms with Crippen molar-refractivity contribution in [3.05, 3.63) is 11.6 Å². The van der Waals surface area contributed by atoms with Crippen LogP contribution in [0.2, 0.25) is 0 Å². The van der Waals surface area contributed by atoms with Crippen molar-refractivity contribution in [2.75, 3.05) is 0 Å². The van der Waals surface area contributed by atoms with Crippen LogP contribution in [0.3, 0.4) is 0 Å². The minimum atomic E-state index is -1.03. The number of esters is 1. The summed E-state index contributed by atoms with van der Waals surface area (Å²) in [7, 11) is 0. The highest BCUT2D eigenvalue weighted by Gasteiger charge is 2.59. The van der Waals surface area contributed by atoms with Crippen molar-refractivity contribution in [2.45, 2.75) is 131 Å². The van der Waals surface area contributed by atoms with E-state index < -0.39 is 12.1 Å². The van der Waals surface area contributed by atoms with Crippen LogP contribution in [0.1, 0.15) is 119 Å². The summed E-state index contributed by atoms with van der Waals surface area (Å²) in [5.74, 6) is 5.46. The number of aliphatic hydroxyl groups is 1. The fraction of sp³-hybridized carbons (Fsp3) is 0.906. The molecule has 0 heterocycles. The molecular weight excluding hydrogens is 432 g/mol. The number of allylic oxidation sites excluding steroid dienone is 1. The van der Waals surface area contributed by atoms with Crippen molar-refractivity contribution in [3.63, 3.8) is 0 Å². The molecule has 3 heteroatoms. The first-order valence-electron chi connectivity index (χ1n) is 15.1. The van der Waals surface area contributed by atoms with Gasteiger partial charge in [-0.15, -0.1) is 0 Å². The summed E-state index contributed by atoms with van der Waals surface area (Å²) in [5.41, 5.74) is 2.33. The number of aliphatic hydroxyl groups excluding tert-OH is 1. The lowest BCUT2D eigenvalue weighted by molar-refractivity contribution is -0.160. The summed E-state index contributed by atoms with van der Waals surface area (Å²) >= 11 is 0. The summed E-state index contributed by atoms with van der Waals surface area (Å²) in [6.07, 6.45) is 15.4. The van der Waals surface area contributed by atoms with Crippen LogP contribution >= 0.6 is 0 Å². The zero-order chi connectivity index (χ0) is 25.5. The van der Waals surface area contributed by atoms with Crippen LogP contribution in [0.4, 0.5) is 0 Å². The van der Waals surface area contributed by atoms with Gasteiger partial charge in [0.15, 0.2) is 0 Å². The number of carbonyl (C=O) groups is 1. The van der Waals surface area contributed by atoms with Gasteiger partial charge in [-0.3, -0.25) is 0 Å². The molecule has 0 radical (unpaired) electrons. The fourth-order valence-electron chi connectivity index (χ4n) is 9.65. The van der Waals surface area contributed by atoms with Gasteiger partial charge in [-0.05, 0) is 111 Å². The molecular formula is C32H54O3. The van der Waals surface area contributed by atoms with Crippen molar-refractivity contribution in [3.8, 4) is 0 Å². The second kappa shape index (κ2) is 10.5. The largest absolute Gasteiger partial charge is 0.460 e. The Kier molecular flexibility index (Phi) is 8.17. The Balaban J connectivity index is 1.44. The normalized spacial score (nSPS) is 41.3. The van der Waals surface area contributed by atoms with E-state index in [1.165, 1.54) is 58.3 Å². The third-order valence-electron chi connectivity index (χ3n) is 11.9. The molecule has 0 amide bonds. The molecule has 9 unspecified atom stereocenters. The quantitative estimate of drug-likeness (QED) is 0.280. The van der Waals surface area contributed by atoms with Gasteiger partial charge in [-0.2, -0.15) is 0 Å². The number of fused-ring (bicyclic) bond motifs is 5. The van der Waals surface area contributed by atoms with Crippen molar-refractivity contribution < 1.29 is 14.6 Å². The molecule has 0 bridgehead atoms. The maximum absolute atomic E-state index is 12.0. The third-order valence-corrected chi connectivity index (χ3v) is 11.9. The molecule has 4 rings (SSSR count). The van der Waals surface area contributed by atoms with Gasteiger partial charge in [0.2, 0.25) is 0 Å². The Morgan fingerprint density at radius 1 is 1.06 bits per heavy atom. The average molecular weight is 487 g/mol. The van der Waals surface area contributed by atoms with E-state index in [4.69, 9.17) is 4.74 Å². The SMILES string of the molecule is CC[C@H](CCC(C)C1CCC2C3CC=C4CC(OC(=O)C(C)O)CCC4(C)C3CCC12C)C(C)C. The Morgan fingerprint density at radius 3 is 2.46 bits per heavy atom. The topological polar surface area (TPSA) is 46.5 Å². The van der Waals surface area contributed by atoms with Gasteiger partial charge in [0.1, 0.15) is 12.2 Å². The van der Waals surface area contributed by atoms with Gasteiger partial charge in [0.05, 0.1) is 0 Å². The average Bonchev–Trinajstić information content (AvgIpc) is 3.16. The first-order valence-corrected chi connectivity index (χ1v) is 15.1. The maximum Gasteiger partial charge on any atom is 0.334 e. The summed E-state index contributed by atoms with van der Waals surface area (Å²) in [6, 6.07) is 0. The highest BCUT2D eigenvalue weighted by Crippen LogP contribution is 2.67. The molecule has 0 saturated heterocycles. The van der Waals surface area contributed by atoms with Crippen LogP contribution in [-0.2, 0) is 9.53 Å². The van der Waals surface area contributed by atoms with Gasteiger partial charge in [-0.1, -0.05) is 66.0 Å². The molecule has 4 aliphatic rings. The lowest BCUT2D eigenvalue weighted by Crippen LogP contribution is -2.51. The van der Waals surface area contributed by atoms with Crippen molar-refractivity contribution >= 4 is 5.97 Å². The van der Waals surface area contributed by atoms with Crippen molar-refractivity contribution in [2.24, 2.45) is 52.3 Å². The lowest BCUT2D eigenvalue weighted by Gasteiger charge is -2.58. The zero-order valence-electron chi connectivity index (χ0n) is 23.8. The Labute approximate surface area is 215 Å². The van der Waals surface area contributed by atoms with Crippen LogP contribution in [-0.4, -0.2) is 23.3 Å². The van der Waals surface area contributed by atoms with E-state index in [1.54, 1.807) is 5.57 Å². The molecule has 4 aliphatic carbocycles. The van der Waals surface area contributed by atoms with E-state index in [1.807, 2.05) is 0 Å². The van der Waals surface area contributed by atoms with E-state index in [9.17, 15) is 9.90 Å². The molecule has 3 nitrogen and oxygen atoms in total. The summed E-state index contributed by atoms with van der Waals surface area (Å²) in [4.78, 5) is 12.0. The van der Waals surface area contributed by atoms with E-state index >= 15 is 0 Å². The van der Waals surface area contributed by atoms with Crippen LogP contribution in [0, 0.1) is 52.3 Å². The van der Waals surface area contributed by atoms with E-state index in [-0.39, 0.29) is 11.5 Å². The Bertz CT molecular complexity index is 784. The minimum Gasteiger partial charge on any atom is -0.460 e. The van der Waals surface area contributed by atoms with Gasteiger partial charge in [0, 0.05) is 6.42 Å². The van der Waals surface area contributed by atoms with E-state index in [0.29, 0.717) is 5.41 Å². The molecule has 3 fully saturated rings. The van der Waals surface area contributed by atoms with Crippen LogP contribution in [0.5, 0.6) is 0 Å². The summed E-state index contributed by atoms with van der Waals surface area (Å²) in [5, 5.41) is 9.57. The van der Waals surface area contributed by atoms with Gasteiger partial charge in [-0.25, -0.2) is 4.79 Å². The maximum atomic E-state index is 12.0. The molecule has 1 N–H and O–H groups in total. The first-order chi connectivity index (χ1) is 16.5. The molecule has 0 aromatic rings. The van der Waals surface area contributed by atoms with Crippen LogP contribution in [0.25, 0.3) is 0 Å². The molecule has 0 aromatic carbocycles. The first kappa shape index (κ1) is 27.2. The smallest absolute Gasteiger partial charge is 0.334 e. The Morgan fingerprint density at radius 2 is 1.80 bits per heavy atom. The molecule has 35 heavy (non-hydrogen) atoms. The highest BCUT2D eigenvalue weighted by molar-refractivity contribution is 5.74. The second-order valence-corrected chi connectivity index (χ2v) is 13.9. The molecule has 0 spiro atoms. The molecule has 200 valence electrons. The molecule has 3 saturated carbocycles. The van der Waals surface area contributed by atoms with Crippen LogP contribution in [0.15, 0.2) is 11.6 Å². The predicted molar refractivity (Wildman–Crippen MR) is 144 cm³/mol. The van der Waals surface area contributed by atoms with E-state index in [0.717, 1.165) is 60.7 Å². The third kappa shape index (κ3) is 5.01. The number of hydrogen-bond donors (Lipinski definition) is 1. The zero-order valence-corrected chi connectivity index (χ0v) is 23.8. The number of carbonyl (C=O) groups excluding carboxylic acids is 1. The predicted octanol–water partition coefficient (Wildman–Crippen LogP) is 7.96. The fourth-order valence-corrected chi connectivity index (χ4v) is 9.65.